The van der Waals surface area contributed by atoms with Gasteiger partial charge in [0.2, 0.25) is 5.91 Å². The molecule has 0 aromatic rings. The molecule has 0 spiro atoms. The lowest BCUT2D eigenvalue weighted by atomic mass is 10.0. The van der Waals surface area contributed by atoms with Gasteiger partial charge in [-0.25, -0.2) is 0 Å². The van der Waals surface area contributed by atoms with Crippen molar-refractivity contribution in [3.63, 3.8) is 0 Å². The summed E-state index contributed by atoms with van der Waals surface area (Å²) in [4.78, 5) is 26.2. The summed E-state index contributed by atoms with van der Waals surface area (Å²) in [5, 5.41) is 8.92. The Morgan fingerprint density at radius 1 is 1.39 bits per heavy atom. The highest BCUT2D eigenvalue weighted by atomic mass is 16.4. The minimum absolute atomic E-state index is 0.0416. The summed E-state index contributed by atoms with van der Waals surface area (Å²) in [5.41, 5.74) is 0. The zero-order valence-corrected chi connectivity index (χ0v) is 11.6. The van der Waals surface area contributed by atoms with E-state index in [1.807, 2.05) is 23.6 Å². The van der Waals surface area contributed by atoms with Gasteiger partial charge in [-0.15, -0.1) is 0 Å². The Morgan fingerprint density at radius 2 is 2.06 bits per heavy atom. The van der Waals surface area contributed by atoms with Crippen LogP contribution in [0.15, 0.2) is 0 Å². The van der Waals surface area contributed by atoms with E-state index < -0.39 is 5.97 Å². The van der Waals surface area contributed by atoms with Crippen LogP contribution in [0.25, 0.3) is 0 Å². The highest BCUT2D eigenvalue weighted by Gasteiger charge is 2.27. The smallest absolute Gasteiger partial charge is 0.317 e. The number of carbonyl (C=O) groups is 2. The number of amides is 1. The predicted molar refractivity (Wildman–Crippen MR) is 69.4 cm³/mol. The van der Waals surface area contributed by atoms with E-state index in [2.05, 4.69) is 0 Å². The molecule has 1 atom stereocenters. The minimum Gasteiger partial charge on any atom is -0.480 e. The van der Waals surface area contributed by atoms with Crippen LogP contribution < -0.4 is 0 Å². The number of likely N-dealkylation sites (tertiary alicyclic amines) is 1. The zero-order chi connectivity index (χ0) is 13.7. The second-order valence-corrected chi connectivity index (χ2v) is 5.28. The lowest BCUT2D eigenvalue weighted by Crippen LogP contribution is -2.51. The lowest BCUT2D eigenvalue weighted by molar-refractivity contribution is -0.139. The first-order valence-corrected chi connectivity index (χ1v) is 6.65. The van der Waals surface area contributed by atoms with Crippen LogP contribution in [0.5, 0.6) is 0 Å². The van der Waals surface area contributed by atoms with Gasteiger partial charge in [-0.3, -0.25) is 14.5 Å². The molecule has 1 heterocycles. The third-order valence-corrected chi connectivity index (χ3v) is 3.55. The number of carbonyl (C=O) groups excluding carboxylic acids is 1. The molecule has 1 N–H and O–H groups in total. The Labute approximate surface area is 109 Å². The van der Waals surface area contributed by atoms with Gasteiger partial charge in [-0.05, 0) is 33.1 Å². The molecule has 18 heavy (non-hydrogen) atoms. The van der Waals surface area contributed by atoms with E-state index in [0.717, 1.165) is 25.8 Å². The van der Waals surface area contributed by atoms with Crippen molar-refractivity contribution in [2.45, 2.75) is 52.1 Å². The summed E-state index contributed by atoms with van der Waals surface area (Å²) in [5.74, 6) is -0.715. The van der Waals surface area contributed by atoms with Crippen molar-refractivity contribution in [3.8, 4) is 0 Å². The Hall–Kier alpha value is -1.10. The Bertz CT molecular complexity index is 305. The predicted octanol–water partition coefficient (Wildman–Crippen LogP) is 1.18. The van der Waals surface area contributed by atoms with E-state index in [4.69, 9.17) is 5.11 Å². The second kappa shape index (κ2) is 6.73. The topological polar surface area (TPSA) is 60.9 Å². The van der Waals surface area contributed by atoms with Crippen LogP contribution in [0.3, 0.4) is 0 Å². The van der Waals surface area contributed by atoms with Gasteiger partial charge < -0.3 is 10.0 Å². The molecule has 0 radical (unpaired) electrons. The molecular weight excluding hydrogens is 232 g/mol. The van der Waals surface area contributed by atoms with Crippen LogP contribution in [0.4, 0.5) is 0 Å². The molecule has 1 aliphatic heterocycles. The van der Waals surface area contributed by atoms with Crippen molar-refractivity contribution in [2.75, 3.05) is 19.6 Å². The first kappa shape index (κ1) is 15.0. The van der Waals surface area contributed by atoms with Gasteiger partial charge in [0.15, 0.2) is 0 Å². The van der Waals surface area contributed by atoms with Crippen molar-refractivity contribution in [1.29, 1.82) is 0 Å². The van der Waals surface area contributed by atoms with E-state index in [0.29, 0.717) is 6.54 Å². The Balaban J connectivity index is 2.65. The van der Waals surface area contributed by atoms with Crippen molar-refractivity contribution in [3.05, 3.63) is 0 Å². The van der Waals surface area contributed by atoms with Gasteiger partial charge in [0.25, 0.3) is 0 Å². The number of carboxylic acids is 1. The molecule has 0 aliphatic carbocycles. The molecule has 1 rings (SSSR count). The summed E-state index contributed by atoms with van der Waals surface area (Å²) in [7, 11) is 0. The number of aliphatic carboxylic acids is 1. The molecule has 0 bridgehead atoms. The number of hydrogen-bond acceptors (Lipinski definition) is 3. The van der Waals surface area contributed by atoms with Crippen molar-refractivity contribution < 1.29 is 14.7 Å². The number of hydrogen-bond donors (Lipinski definition) is 1. The average Bonchev–Trinajstić information content (AvgIpc) is 2.27. The summed E-state index contributed by atoms with van der Waals surface area (Å²) < 4.78 is 0. The molecule has 1 saturated heterocycles. The summed E-state index contributed by atoms with van der Waals surface area (Å²) >= 11 is 0. The molecule has 0 saturated carbocycles. The Kier molecular flexibility index (Phi) is 5.59. The molecule has 0 aromatic carbocycles. The second-order valence-electron chi connectivity index (χ2n) is 5.28. The van der Waals surface area contributed by atoms with Crippen molar-refractivity contribution >= 4 is 11.9 Å². The molecule has 5 heteroatoms. The molecule has 1 fully saturated rings. The fourth-order valence-electron chi connectivity index (χ4n) is 2.51. The number of piperidine rings is 1. The van der Waals surface area contributed by atoms with Gasteiger partial charge in [-0.1, -0.05) is 0 Å². The van der Waals surface area contributed by atoms with Gasteiger partial charge >= 0.3 is 5.97 Å². The maximum absolute atomic E-state index is 11.6. The van der Waals surface area contributed by atoms with E-state index in [1.54, 1.807) is 6.92 Å². The number of rotatable bonds is 5. The van der Waals surface area contributed by atoms with Crippen molar-refractivity contribution in [2.24, 2.45) is 0 Å². The fraction of sp³-hybridized carbons (Fsp3) is 0.846. The van der Waals surface area contributed by atoms with Gasteiger partial charge in [0.05, 0.1) is 6.54 Å². The van der Waals surface area contributed by atoms with Crippen LogP contribution in [0.2, 0.25) is 0 Å². The monoisotopic (exact) mass is 256 g/mol. The Morgan fingerprint density at radius 3 is 2.56 bits per heavy atom. The number of nitrogens with zero attached hydrogens (tertiary/aromatic N) is 2. The fourth-order valence-corrected chi connectivity index (χ4v) is 2.51. The first-order chi connectivity index (χ1) is 8.41. The SMILES string of the molecule is CC(=O)N1CCCC[C@@H]1CN(CC(=O)O)C(C)C. The van der Waals surface area contributed by atoms with Crippen molar-refractivity contribution in [1.82, 2.24) is 9.80 Å². The van der Waals surface area contributed by atoms with Gasteiger partial charge in [0, 0.05) is 32.1 Å². The molecule has 5 nitrogen and oxygen atoms in total. The quantitative estimate of drug-likeness (QED) is 0.802. The largest absolute Gasteiger partial charge is 0.480 e. The lowest BCUT2D eigenvalue weighted by Gasteiger charge is -2.39. The average molecular weight is 256 g/mol. The van der Waals surface area contributed by atoms with E-state index >= 15 is 0 Å². The summed E-state index contributed by atoms with van der Waals surface area (Å²) in [6.07, 6.45) is 3.15. The molecule has 1 amide bonds. The summed E-state index contributed by atoms with van der Waals surface area (Å²) in [6, 6.07) is 0.342. The van der Waals surface area contributed by atoms with Crippen LogP contribution in [-0.2, 0) is 9.59 Å². The van der Waals surface area contributed by atoms with Crippen LogP contribution in [-0.4, -0.2) is 58.5 Å². The zero-order valence-electron chi connectivity index (χ0n) is 11.6. The maximum atomic E-state index is 11.6. The van der Waals surface area contributed by atoms with Crippen LogP contribution in [0, 0.1) is 0 Å². The van der Waals surface area contributed by atoms with Gasteiger partial charge in [-0.2, -0.15) is 0 Å². The van der Waals surface area contributed by atoms with E-state index in [-0.39, 0.29) is 24.5 Å². The number of carboxylic acid groups (broad SMARTS) is 1. The molecule has 0 unspecified atom stereocenters. The molecular formula is C13H24N2O3. The highest BCUT2D eigenvalue weighted by Crippen LogP contribution is 2.18. The molecule has 0 aromatic heterocycles. The van der Waals surface area contributed by atoms with Gasteiger partial charge in [0.1, 0.15) is 0 Å². The third-order valence-electron chi connectivity index (χ3n) is 3.55. The maximum Gasteiger partial charge on any atom is 0.317 e. The molecule has 1 aliphatic rings. The standard InChI is InChI=1S/C13H24N2O3/c1-10(2)14(9-13(17)18)8-12-6-4-5-7-15(12)11(3)16/h10,12H,4-9H2,1-3H3,(H,17,18)/t12-/m1/s1. The summed E-state index contributed by atoms with van der Waals surface area (Å²) in [6.45, 7) is 7.07. The molecule has 104 valence electrons. The third kappa shape index (κ3) is 4.29. The highest BCUT2D eigenvalue weighted by molar-refractivity contribution is 5.73. The normalized spacial score (nSPS) is 20.5. The van der Waals surface area contributed by atoms with Crippen LogP contribution >= 0.6 is 0 Å². The van der Waals surface area contributed by atoms with E-state index in [1.165, 1.54) is 0 Å². The minimum atomic E-state index is -0.811. The van der Waals surface area contributed by atoms with Crippen LogP contribution in [0.1, 0.15) is 40.0 Å². The van der Waals surface area contributed by atoms with E-state index in [9.17, 15) is 9.59 Å². The first-order valence-electron chi connectivity index (χ1n) is 6.65.